The lowest BCUT2D eigenvalue weighted by Crippen LogP contribution is -2.02. The molecule has 0 aliphatic carbocycles. The van der Waals surface area contributed by atoms with E-state index >= 15 is 0 Å². The number of nitrogens with zero attached hydrogens (tertiary/aromatic N) is 1. The van der Waals surface area contributed by atoms with Crippen LogP contribution in [-0.2, 0) is 0 Å². The van der Waals surface area contributed by atoms with Crippen LogP contribution in [0.15, 0.2) is 24.3 Å². The average molecular weight is 213 g/mol. The summed E-state index contributed by atoms with van der Waals surface area (Å²) in [5.41, 5.74) is 1.73. The van der Waals surface area contributed by atoms with Gasteiger partial charge in [-0.3, -0.25) is 0 Å². The molecular formula is C13H15N3. The van der Waals surface area contributed by atoms with Gasteiger partial charge in [0.15, 0.2) is 0 Å². The maximum atomic E-state index is 9.15. The molecule has 0 radical (unpaired) electrons. The summed E-state index contributed by atoms with van der Waals surface area (Å²) in [6.07, 6.45) is 2.26. The Morgan fingerprint density at radius 3 is 2.94 bits per heavy atom. The monoisotopic (exact) mass is 213 g/mol. The number of anilines is 1. The fourth-order valence-corrected chi connectivity index (χ4v) is 1.78. The van der Waals surface area contributed by atoms with E-state index in [0.717, 1.165) is 36.1 Å². The van der Waals surface area contributed by atoms with Crippen LogP contribution < -0.4 is 5.32 Å². The van der Waals surface area contributed by atoms with Crippen molar-refractivity contribution in [3.8, 4) is 6.07 Å². The molecular weight excluding hydrogens is 198 g/mol. The summed E-state index contributed by atoms with van der Waals surface area (Å²) in [4.78, 5) is 3.24. The van der Waals surface area contributed by atoms with Crippen molar-refractivity contribution in [2.24, 2.45) is 0 Å². The molecule has 2 N–H and O–H groups in total. The molecule has 0 spiro atoms. The number of aromatic nitrogens is 1. The van der Waals surface area contributed by atoms with E-state index in [0.29, 0.717) is 5.56 Å². The van der Waals surface area contributed by atoms with Gasteiger partial charge in [0.05, 0.1) is 0 Å². The van der Waals surface area contributed by atoms with E-state index in [-0.39, 0.29) is 0 Å². The van der Waals surface area contributed by atoms with Gasteiger partial charge in [-0.25, -0.2) is 0 Å². The van der Waals surface area contributed by atoms with Gasteiger partial charge in [-0.2, -0.15) is 5.26 Å². The van der Waals surface area contributed by atoms with E-state index in [9.17, 15) is 0 Å². The summed E-state index contributed by atoms with van der Waals surface area (Å²) in [5, 5.41) is 13.4. The maximum Gasteiger partial charge on any atom is 0.122 e. The van der Waals surface area contributed by atoms with Crippen molar-refractivity contribution in [3.63, 3.8) is 0 Å². The first-order chi connectivity index (χ1) is 7.86. The number of fused-ring (bicyclic) bond motifs is 1. The number of unbranched alkanes of at least 4 members (excludes halogenated alkanes) is 1. The first-order valence-corrected chi connectivity index (χ1v) is 5.61. The molecule has 1 aromatic carbocycles. The van der Waals surface area contributed by atoms with Crippen molar-refractivity contribution in [1.29, 1.82) is 5.26 Å². The molecule has 0 aliphatic heterocycles. The zero-order valence-corrected chi connectivity index (χ0v) is 9.38. The molecule has 16 heavy (non-hydrogen) atoms. The lowest BCUT2D eigenvalue weighted by atomic mass is 10.2. The lowest BCUT2D eigenvalue weighted by molar-refractivity contribution is 0.832. The highest BCUT2D eigenvalue weighted by atomic mass is 15.0. The number of para-hydroxylation sites is 1. The Kier molecular flexibility index (Phi) is 3.11. The van der Waals surface area contributed by atoms with Crippen LogP contribution in [-0.4, -0.2) is 11.5 Å². The van der Waals surface area contributed by atoms with Crippen molar-refractivity contribution in [3.05, 3.63) is 29.8 Å². The Bertz CT molecular complexity index is 519. The fraction of sp³-hybridized carbons (Fsp3) is 0.308. The topological polar surface area (TPSA) is 51.6 Å². The van der Waals surface area contributed by atoms with Crippen molar-refractivity contribution < 1.29 is 0 Å². The van der Waals surface area contributed by atoms with Gasteiger partial charge in [0.1, 0.15) is 17.5 Å². The molecule has 0 aliphatic rings. The highest BCUT2D eigenvalue weighted by Gasteiger charge is 2.09. The molecule has 0 amide bonds. The molecule has 0 fully saturated rings. The van der Waals surface area contributed by atoms with Crippen LogP contribution in [0, 0.1) is 11.3 Å². The molecule has 0 bridgehead atoms. The van der Waals surface area contributed by atoms with Crippen LogP contribution in [0.2, 0.25) is 0 Å². The third kappa shape index (κ3) is 1.87. The van der Waals surface area contributed by atoms with Crippen LogP contribution in [0.25, 0.3) is 10.9 Å². The minimum Gasteiger partial charge on any atom is -0.371 e. The Hall–Kier alpha value is -1.95. The van der Waals surface area contributed by atoms with Gasteiger partial charge in [-0.15, -0.1) is 0 Å². The molecule has 3 nitrogen and oxygen atoms in total. The Balaban J connectivity index is 2.34. The largest absolute Gasteiger partial charge is 0.371 e. The normalized spacial score (nSPS) is 10.2. The van der Waals surface area contributed by atoms with Gasteiger partial charge < -0.3 is 10.3 Å². The van der Waals surface area contributed by atoms with Gasteiger partial charge >= 0.3 is 0 Å². The van der Waals surface area contributed by atoms with Crippen LogP contribution in [0.3, 0.4) is 0 Å². The molecule has 0 atom stereocenters. The van der Waals surface area contributed by atoms with Crippen LogP contribution in [0.5, 0.6) is 0 Å². The highest BCUT2D eigenvalue weighted by molar-refractivity contribution is 5.91. The number of H-pyrrole nitrogens is 1. The van der Waals surface area contributed by atoms with E-state index in [4.69, 9.17) is 5.26 Å². The summed E-state index contributed by atoms with van der Waals surface area (Å²) in [5.74, 6) is 0.845. The fourth-order valence-electron chi connectivity index (χ4n) is 1.78. The van der Waals surface area contributed by atoms with Crippen molar-refractivity contribution in [2.75, 3.05) is 11.9 Å². The van der Waals surface area contributed by atoms with Crippen molar-refractivity contribution >= 4 is 16.7 Å². The standard InChI is InChI=1S/C13H15N3/c1-2-3-8-15-13-11(9-14)10-6-4-5-7-12(10)16-13/h4-7,15-16H,2-3,8H2,1H3. The van der Waals surface area contributed by atoms with E-state index in [2.05, 4.69) is 23.3 Å². The maximum absolute atomic E-state index is 9.15. The Morgan fingerprint density at radius 1 is 1.38 bits per heavy atom. The molecule has 2 aromatic rings. The summed E-state index contributed by atoms with van der Waals surface area (Å²) >= 11 is 0. The zero-order valence-electron chi connectivity index (χ0n) is 9.38. The van der Waals surface area contributed by atoms with Crippen LogP contribution >= 0.6 is 0 Å². The predicted octanol–water partition coefficient (Wildman–Crippen LogP) is 3.25. The average Bonchev–Trinajstić information content (AvgIpc) is 2.67. The van der Waals surface area contributed by atoms with Crippen molar-refractivity contribution in [1.82, 2.24) is 4.98 Å². The zero-order chi connectivity index (χ0) is 11.4. The van der Waals surface area contributed by atoms with E-state index in [1.807, 2.05) is 24.3 Å². The van der Waals surface area contributed by atoms with E-state index in [1.54, 1.807) is 0 Å². The summed E-state index contributed by atoms with van der Waals surface area (Å²) in [6.45, 7) is 3.05. The molecule has 3 heteroatoms. The molecule has 0 saturated carbocycles. The molecule has 1 aromatic heterocycles. The second kappa shape index (κ2) is 4.71. The second-order valence-electron chi connectivity index (χ2n) is 3.81. The minimum atomic E-state index is 0.715. The lowest BCUT2D eigenvalue weighted by Gasteiger charge is -2.02. The second-order valence-corrected chi connectivity index (χ2v) is 3.81. The highest BCUT2D eigenvalue weighted by Crippen LogP contribution is 2.25. The number of hydrogen-bond donors (Lipinski definition) is 2. The predicted molar refractivity (Wildman–Crippen MR) is 66.4 cm³/mol. The number of nitrogens with one attached hydrogen (secondary N) is 2. The van der Waals surface area contributed by atoms with E-state index in [1.165, 1.54) is 0 Å². The van der Waals surface area contributed by atoms with E-state index < -0.39 is 0 Å². The van der Waals surface area contributed by atoms with Gasteiger partial charge in [0, 0.05) is 17.4 Å². The van der Waals surface area contributed by atoms with Gasteiger partial charge in [0.25, 0.3) is 0 Å². The molecule has 2 rings (SSSR count). The smallest absolute Gasteiger partial charge is 0.122 e. The quantitative estimate of drug-likeness (QED) is 0.766. The molecule has 82 valence electrons. The van der Waals surface area contributed by atoms with Crippen molar-refractivity contribution in [2.45, 2.75) is 19.8 Å². The SMILES string of the molecule is CCCCNc1[nH]c2ccccc2c1C#N. The first kappa shape index (κ1) is 10.6. The number of benzene rings is 1. The number of rotatable bonds is 4. The molecule has 1 heterocycles. The molecule has 0 unspecified atom stereocenters. The molecule has 0 saturated heterocycles. The van der Waals surface area contributed by atoms with Gasteiger partial charge in [-0.1, -0.05) is 31.5 Å². The summed E-state index contributed by atoms with van der Waals surface area (Å²) in [7, 11) is 0. The third-order valence-corrected chi connectivity index (χ3v) is 2.65. The van der Waals surface area contributed by atoms with Gasteiger partial charge in [0.2, 0.25) is 0 Å². The van der Waals surface area contributed by atoms with Gasteiger partial charge in [-0.05, 0) is 12.5 Å². The number of aromatic amines is 1. The van der Waals surface area contributed by atoms with Crippen LogP contribution in [0.4, 0.5) is 5.82 Å². The third-order valence-electron chi connectivity index (χ3n) is 2.65. The summed E-state index contributed by atoms with van der Waals surface area (Å²) in [6, 6.07) is 10.1. The Labute approximate surface area is 95.1 Å². The first-order valence-electron chi connectivity index (χ1n) is 5.61. The Morgan fingerprint density at radius 2 is 2.19 bits per heavy atom. The summed E-state index contributed by atoms with van der Waals surface area (Å²) < 4.78 is 0. The number of nitriles is 1. The minimum absolute atomic E-state index is 0.715. The number of hydrogen-bond acceptors (Lipinski definition) is 2. The van der Waals surface area contributed by atoms with Crippen LogP contribution in [0.1, 0.15) is 25.3 Å².